The zero-order valence-electron chi connectivity index (χ0n) is 9.98. The monoisotopic (exact) mass is 239 g/mol. The third kappa shape index (κ3) is 3.01. The lowest BCUT2D eigenvalue weighted by Gasteiger charge is -2.19. The first-order chi connectivity index (χ1) is 7.79. The highest BCUT2D eigenvalue weighted by atomic mass is 32.1. The van der Waals surface area contributed by atoms with Crippen molar-refractivity contribution in [3.05, 3.63) is 10.0 Å². The van der Waals surface area contributed by atoms with Gasteiger partial charge in [-0.25, -0.2) is 0 Å². The van der Waals surface area contributed by atoms with Gasteiger partial charge >= 0.3 is 0 Å². The highest BCUT2D eigenvalue weighted by Gasteiger charge is 2.17. The molecule has 1 fully saturated rings. The molecule has 1 saturated carbocycles. The van der Waals surface area contributed by atoms with Crippen molar-refractivity contribution in [2.75, 3.05) is 0 Å². The molecule has 0 aliphatic heterocycles. The Morgan fingerprint density at radius 3 is 2.75 bits per heavy atom. The van der Waals surface area contributed by atoms with Gasteiger partial charge in [0.2, 0.25) is 0 Å². The summed E-state index contributed by atoms with van der Waals surface area (Å²) in [6, 6.07) is 0.0811. The van der Waals surface area contributed by atoms with Crippen molar-refractivity contribution in [1.29, 1.82) is 0 Å². The van der Waals surface area contributed by atoms with E-state index in [0.717, 1.165) is 23.8 Å². The minimum Gasteiger partial charge on any atom is -0.322 e. The van der Waals surface area contributed by atoms with Crippen LogP contribution in [0.15, 0.2) is 0 Å². The number of aromatic nitrogens is 2. The molecule has 0 radical (unpaired) electrons. The smallest absolute Gasteiger partial charge is 0.134 e. The summed E-state index contributed by atoms with van der Waals surface area (Å²) in [4.78, 5) is 0. The van der Waals surface area contributed by atoms with Gasteiger partial charge in [-0.2, -0.15) is 0 Å². The van der Waals surface area contributed by atoms with Gasteiger partial charge in [-0.1, -0.05) is 50.4 Å². The van der Waals surface area contributed by atoms with Crippen molar-refractivity contribution < 1.29 is 0 Å². The van der Waals surface area contributed by atoms with Gasteiger partial charge in [-0.05, 0) is 12.3 Å². The molecule has 1 aliphatic carbocycles. The predicted molar refractivity (Wildman–Crippen MR) is 67.4 cm³/mol. The lowest BCUT2D eigenvalue weighted by Crippen LogP contribution is -2.08. The summed E-state index contributed by atoms with van der Waals surface area (Å²) in [5.41, 5.74) is 5.95. The van der Waals surface area contributed by atoms with Crippen LogP contribution in [-0.4, -0.2) is 10.2 Å². The Hall–Kier alpha value is -0.480. The molecule has 4 heteroatoms. The maximum absolute atomic E-state index is 5.95. The normalized spacial score (nSPS) is 19.9. The lowest BCUT2D eigenvalue weighted by atomic mass is 9.87. The first-order valence-corrected chi connectivity index (χ1v) is 7.19. The summed E-state index contributed by atoms with van der Waals surface area (Å²) in [6.45, 7) is 2.09. The molecule has 0 spiro atoms. The maximum Gasteiger partial charge on any atom is 0.134 e. The molecule has 2 rings (SSSR count). The standard InChI is InChI=1S/C12H21N3S/c1-2-10(13)12-15-14-11(16-12)8-9-6-4-3-5-7-9/h9-10H,2-8,13H2,1H3. The Balaban J connectivity index is 1.91. The van der Waals surface area contributed by atoms with Gasteiger partial charge < -0.3 is 5.73 Å². The number of hydrogen-bond acceptors (Lipinski definition) is 4. The van der Waals surface area contributed by atoms with Crippen LogP contribution < -0.4 is 5.73 Å². The van der Waals surface area contributed by atoms with Gasteiger partial charge in [0.1, 0.15) is 10.0 Å². The molecule has 1 heterocycles. The second-order valence-corrected chi connectivity index (χ2v) is 5.85. The van der Waals surface area contributed by atoms with Gasteiger partial charge in [0.25, 0.3) is 0 Å². The molecule has 1 aliphatic rings. The molecule has 1 atom stereocenters. The van der Waals surface area contributed by atoms with Crippen molar-refractivity contribution in [1.82, 2.24) is 10.2 Å². The van der Waals surface area contributed by atoms with E-state index in [9.17, 15) is 0 Å². The van der Waals surface area contributed by atoms with Gasteiger partial charge in [0.05, 0.1) is 6.04 Å². The zero-order valence-corrected chi connectivity index (χ0v) is 10.8. The van der Waals surface area contributed by atoms with Crippen LogP contribution in [0, 0.1) is 5.92 Å². The van der Waals surface area contributed by atoms with Crippen molar-refractivity contribution in [3.63, 3.8) is 0 Å². The van der Waals surface area contributed by atoms with Crippen LogP contribution in [0.2, 0.25) is 0 Å². The fourth-order valence-electron chi connectivity index (χ4n) is 2.31. The molecule has 16 heavy (non-hydrogen) atoms. The van der Waals surface area contributed by atoms with E-state index in [-0.39, 0.29) is 6.04 Å². The van der Waals surface area contributed by atoms with E-state index >= 15 is 0 Å². The van der Waals surface area contributed by atoms with E-state index in [2.05, 4.69) is 17.1 Å². The summed E-state index contributed by atoms with van der Waals surface area (Å²) in [7, 11) is 0. The van der Waals surface area contributed by atoms with Crippen molar-refractivity contribution >= 4 is 11.3 Å². The summed E-state index contributed by atoms with van der Waals surface area (Å²) in [5, 5.41) is 10.7. The fourth-order valence-corrected chi connectivity index (χ4v) is 3.35. The van der Waals surface area contributed by atoms with Gasteiger partial charge in [0, 0.05) is 6.42 Å². The Morgan fingerprint density at radius 1 is 1.31 bits per heavy atom. The largest absolute Gasteiger partial charge is 0.322 e. The van der Waals surface area contributed by atoms with Crippen LogP contribution in [0.5, 0.6) is 0 Å². The molecule has 0 saturated heterocycles. The second-order valence-electron chi connectivity index (χ2n) is 4.76. The van der Waals surface area contributed by atoms with E-state index in [1.165, 1.54) is 37.1 Å². The predicted octanol–water partition coefficient (Wildman–Crippen LogP) is 3.07. The van der Waals surface area contributed by atoms with E-state index in [1.807, 2.05) is 0 Å². The van der Waals surface area contributed by atoms with Crippen LogP contribution in [0.25, 0.3) is 0 Å². The molecule has 1 aromatic heterocycles. The molecule has 1 unspecified atom stereocenters. The van der Waals surface area contributed by atoms with Gasteiger partial charge in [-0.3, -0.25) is 0 Å². The van der Waals surface area contributed by atoms with Crippen LogP contribution in [0.3, 0.4) is 0 Å². The molecular weight excluding hydrogens is 218 g/mol. The van der Waals surface area contributed by atoms with Crippen molar-refractivity contribution in [2.45, 2.75) is 57.9 Å². The maximum atomic E-state index is 5.95. The van der Waals surface area contributed by atoms with Crippen LogP contribution >= 0.6 is 11.3 Å². The summed E-state index contributed by atoms with van der Waals surface area (Å²) >= 11 is 1.71. The SMILES string of the molecule is CCC(N)c1nnc(CC2CCCCC2)s1. The third-order valence-electron chi connectivity index (χ3n) is 3.43. The van der Waals surface area contributed by atoms with Crippen LogP contribution in [-0.2, 0) is 6.42 Å². The average Bonchev–Trinajstić information content (AvgIpc) is 2.78. The van der Waals surface area contributed by atoms with E-state index in [4.69, 9.17) is 5.73 Å². The van der Waals surface area contributed by atoms with Crippen molar-refractivity contribution in [2.24, 2.45) is 11.7 Å². The molecule has 3 nitrogen and oxygen atoms in total. The minimum atomic E-state index is 0.0811. The number of rotatable bonds is 4. The van der Waals surface area contributed by atoms with Crippen LogP contribution in [0.1, 0.15) is 61.5 Å². The topological polar surface area (TPSA) is 51.8 Å². The number of nitrogens with two attached hydrogens (primary N) is 1. The van der Waals surface area contributed by atoms with Crippen LogP contribution in [0.4, 0.5) is 0 Å². The Labute approximate surface area is 101 Å². The van der Waals surface area contributed by atoms with Gasteiger partial charge in [-0.15, -0.1) is 10.2 Å². The van der Waals surface area contributed by atoms with E-state index in [0.29, 0.717) is 0 Å². The van der Waals surface area contributed by atoms with Gasteiger partial charge in [0.15, 0.2) is 0 Å². The molecule has 2 N–H and O–H groups in total. The quantitative estimate of drug-likeness (QED) is 0.878. The molecule has 0 amide bonds. The van der Waals surface area contributed by atoms with Crippen molar-refractivity contribution in [3.8, 4) is 0 Å². The minimum absolute atomic E-state index is 0.0811. The zero-order chi connectivity index (χ0) is 11.4. The molecule has 0 bridgehead atoms. The number of nitrogens with zero attached hydrogens (tertiary/aromatic N) is 2. The molecular formula is C12H21N3S. The Kier molecular flexibility index (Phi) is 4.29. The highest BCUT2D eigenvalue weighted by molar-refractivity contribution is 7.11. The summed E-state index contributed by atoms with van der Waals surface area (Å²) < 4.78 is 0. The average molecular weight is 239 g/mol. The summed E-state index contributed by atoms with van der Waals surface area (Å²) in [6.07, 6.45) is 9.00. The first-order valence-electron chi connectivity index (χ1n) is 6.37. The Bertz CT molecular complexity index is 318. The molecule has 1 aromatic rings. The third-order valence-corrected chi connectivity index (χ3v) is 4.51. The van der Waals surface area contributed by atoms with E-state index < -0.39 is 0 Å². The second kappa shape index (κ2) is 5.73. The lowest BCUT2D eigenvalue weighted by molar-refractivity contribution is 0.356. The summed E-state index contributed by atoms with van der Waals surface area (Å²) in [5.74, 6) is 0.840. The Morgan fingerprint density at radius 2 is 2.06 bits per heavy atom. The number of hydrogen-bond donors (Lipinski definition) is 1. The molecule has 90 valence electrons. The fraction of sp³-hybridized carbons (Fsp3) is 0.833. The molecule has 0 aromatic carbocycles. The van der Waals surface area contributed by atoms with E-state index in [1.54, 1.807) is 11.3 Å². The first kappa shape index (κ1) is 12.0. The highest BCUT2D eigenvalue weighted by Crippen LogP contribution is 2.28.